The first kappa shape index (κ1) is 14.1. The first-order valence-electron chi connectivity index (χ1n) is 7.72. The summed E-state index contributed by atoms with van der Waals surface area (Å²) < 4.78 is 5.26. The van der Waals surface area contributed by atoms with Crippen molar-refractivity contribution in [2.45, 2.75) is 32.2 Å². The van der Waals surface area contributed by atoms with Gasteiger partial charge in [-0.15, -0.1) is 0 Å². The van der Waals surface area contributed by atoms with Gasteiger partial charge in [0.2, 0.25) is 5.78 Å². The molecule has 1 fully saturated rings. The molecule has 2 atom stereocenters. The van der Waals surface area contributed by atoms with Crippen molar-refractivity contribution in [1.82, 2.24) is 4.98 Å². The molecule has 1 unspecified atom stereocenters. The zero-order valence-corrected chi connectivity index (χ0v) is 12.7. The van der Waals surface area contributed by atoms with Gasteiger partial charge in [-0.25, -0.2) is 0 Å². The van der Waals surface area contributed by atoms with E-state index in [4.69, 9.17) is 4.74 Å². The normalized spacial score (nSPS) is 22.4. The van der Waals surface area contributed by atoms with Gasteiger partial charge in [0.1, 0.15) is 12.3 Å². The number of carbonyl (C=O) groups is 1. The number of likely N-dealkylation sites (tertiary alicyclic amines) is 1. The molecule has 1 aliphatic heterocycles. The summed E-state index contributed by atoms with van der Waals surface area (Å²) in [6.45, 7) is 3.95. The van der Waals surface area contributed by atoms with Crippen LogP contribution in [0, 0.1) is 0 Å². The number of ether oxygens (including phenoxy) is 1. The highest BCUT2D eigenvalue weighted by Gasteiger charge is 2.25. The molecule has 112 valence electrons. The molecule has 2 N–H and O–H groups in total. The van der Waals surface area contributed by atoms with Crippen molar-refractivity contribution in [3.8, 4) is 5.75 Å². The first-order valence-corrected chi connectivity index (χ1v) is 7.72. The Hall–Kier alpha value is -1.81. The van der Waals surface area contributed by atoms with Gasteiger partial charge in [0, 0.05) is 22.7 Å². The zero-order chi connectivity index (χ0) is 14.8. The number of H-pyrrole nitrogens is 1. The van der Waals surface area contributed by atoms with E-state index in [9.17, 15) is 4.79 Å². The maximum atomic E-state index is 12.7. The molecule has 4 nitrogen and oxygen atoms in total. The van der Waals surface area contributed by atoms with E-state index in [0.717, 1.165) is 28.8 Å². The molecule has 4 heteroatoms. The number of aromatic amines is 1. The summed E-state index contributed by atoms with van der Waals surface area (Å²) in [6.07, 6.45) is 5.59. The third-order valence-electron chi connectivity index (χ3n) is 4.66. The van der Waals surface area contributed by atoms with E-state index in [2.05, 4.69) is 11.9 Å². The van der Waals surface area contributed by atoms with Crippen LogP contribution in [0.3, 0.4) is 0 Å². The summed E-state index contributed by atoms with van der Waals surface area (Å²) in [6, 6.07) is 6.39. The predicted molar refractivity (Wildman–Crippen MR) is 83.2 cm³/mol. The van der Waals surface area contributed by atoms with Crippen LogP contribution in [0.15, 0.2) is 24.4 Å². The number of quaternary nitrogens is 1. The summed E-state index contributed by atoms with van der Waals surface area (Å²) in [5, 5.41) is 0.961. The molecular weight excluding hydrogens is 264 g/mol. The Bertz CT molecular complexity index is 647. The monoisotopic (exact) mass is 287 g/mol. The highest BCUT2D eigenvalue weighted by molar-refractivity contribution is 6.08. The van der Waals surface area contributed by atoms with Crippen LogP contribution in [0.1, 0.15) is 36.5 Å². The maximum absolute atomic E-state index is 12.7. The molecule has 2 heterocycles. The zero-order valence-electron chi connectivity index (χ0n) is 12.7. The number of aromatic nitrogens is 1. The van der Waals surface area contributed by atoms with Crippen molar-refractivity contribution in [3.05, 3.63) is 30.0 Å². The van der Waals surface area contributed by atoms with Gasteiger partial charge in [0.15, 0.2) is 0 Å². The lowest BCUT2D eigenvalue weighted by Crippen LogP contribution is -3.16. The Kier molecular flexibility index (Phi) is 3.97. The van der Waals surface area contributed by atoms with Crippen molar-refractivity contribution in [1.29, 1.82) is 0 Å². The number of fused-ring (bicyclic) bond motifs is 1. The van der Waals surface area contributed by atoms with Gasteiger partial charge in [-0.2, -0.15) is 0 Å². The molecule has 2 aromatic rings. The Morgan fingerprint density at radius 3 is 3.05 bits per heavy atom. The van der Waals surface area contributed by atoms with E-state index in [1.165, 1.54) is 24.2 Å². The number of carbonyl (C=O) groups excluding carboxylic acids is 1. The average molecular weight is 287 g/mol. The molecular formula is C17H23N2O2+. The predicted octanol–water partition coefficient (Wildman–Crippen LogP) is 1.82. The summed E-state index contributed by atoms with van der Waals surface area (Å²) in [5.74, 6) is 1.01. The Labute approximate surface area is 125 Å². The van der Waals surface area contributed by atoms with Crippen LogP contribution in [-0.4, -0.2) is 37.0 Å². The third kappa shape index (κ3) is 2.81. The fraction of sp³-hybridized carbons (Fsp3) is 0.471. The van der Waals surface area contributed by atoms with E-state index in [1.807, 2.05) is 24.4 Å². The standard InChI is InChI=1S/C17H22N2O2/c1-12-5-3-4-8-19(12)11-17(20)15-10-18-16-7-6-13(21-2)9-14(15)16/h6-7,9-10,12,18H,3-5,8,11H2,1-2H3/p+1/t12-/m1/s1. The van der Waals surface area contributed by atoms with Crippen LogP contribution in [0.25, 0.3) is 10.9 Å². The van der Waals surface area contributed by atoms with Crippen molar-refractivity contribution in [2.75, 3.05) is 20.2 Å². The lowest BCUT2D eigenvalue weighted by molar-refractivity contribution is -0.920. The SMILES string of the molecule is COc1ccc2[nH]cc(C(=O)C[NH+]3CCCC[C@H]3C)c2c1. The molecule has 0 radical (unpaired) electrons. The minimum Gasteiger partial charge on any atom is -0.497 e. The minimum atomic E-state index is 0.221. The molecule has 0 amide bonds. The van der Waals surface area contributed by atoms with Crippen molar-refractivity contribution >= 4 is 16.7 Å². The smallest absolute Gasteiger partial charge is 0.219 e. The highest BCUT2D eigenvalue weighted by atomic mass is 16.5. The number of ketones is 1. The number of methoxy groups -OCH3 is 1. The van der Waals surface area contributed by atoms with Crippen molar-refractivity contribution in [2.24, 2.45) is 0 Å². The molecule has 1 aliphatic rings. The van der Waals surface area contributed by atoms with Crippen LogP contribution < -0.4 is 9.64 Å². The Morgan fingerprint density at radius 1 is 1.43 bits per heavy atom. The van der Waals surface area contributed by atoms with Gasteiger partial charge >= 0.3 is 0 Å². The van der Waals surface area contributed by atoms with Crippen molar-refractivity contribution in [3.63, 3.8) is 0 Å². The highest BCUT2D eigenvalue weighted by Crippen LogP contribution is 2.23. The maximum Gasteiger partial charge on any atom is 0.219 e. The summed E-state index contributed by atoms with van der Waals surface area (Å²) in [7, 11) is 1.65. The van der Waals surface area contributed by atoms with Gasteiger partial charge in [-0.3, -0.25) is 4.79 Å². The van der Waals surface area contributed by atoms with Gasteiger partial charge in [0.05, 0.1) is 19.7 Å². The number of piperidine rings is 1. The molecule has 1 aromatic heterocycles. The van der Waals surface area contributed by atoms with E-state index >= 15 is 0 Å². The van der Waals surface area contributed by atoms with E-state index in [1.54, 1.807) is 7.11 Å². The quantitative estimate of drug-likeness (QED) is 0.843. The number of benzene rings is 1. The molecule has 3 rings (SSSR count). The average Bonchev–Trinajstić information content (AvgIpc) is 2.92. The fourth-order valence-corrected chi connectivity index (χ4v) is 3.27. The van der Waals surface area contributed by atoms with Gasteiger partial charge in [-0.1, -0.05) is 0 Å². The number of nitrogens with one attached hydrogen (secondary N) is 2. The first-order chi connectivity index (χ1) is 10.2. The number of rotatable bonds is 4. The topological polar surface area (TPSA) is 46.5 Å². The van der Waals surface area contributed by atoms with Crippen molar-refractivity contribution < 1.29 is 14.4 Å². The van der Waals surface area contributed by atoms with Crippen LogP contribution in [-0.2, 0) is 0 Å². The molecule has 0 saturated carbocycles. The molecule has 0 aliphatic carbocycles. The molecule has 21 heavy (non-hydrogen) atoms. The lowest BCUT2D eigenvalue weighted by atomic mass is 10.0. The van der Waals surface area contributed by atoms with E-state index in [-0.39, 0.29) is 5.78 Å². The fourth-order valence-electron chi connectivity index (χ4n) is 3.27. The van der Waals surface area contributed by atoms with Crippen LogP contribution in [0.5, 0.6) is 5.75 Å². The second-order valence-corrected chi connectivity index (χ2v) is 6.02. The second-order valence-electron chi connectivity index (χ2n) is 6.02. The van der Waals surface area contributed by atoms with Crippen LogP contribution >= 0.6 is 0 Å². The Balaban J connectivity index is 1.84. The van der Waals surface area contributed by atoms with Gasteiger partial charge < -0.3 is 14.6 Å². The summed E-state index contributed by atoms with van der Waals surface area (Å²) >= 11 is 0. The summed E-state index contributed by atoms with van der Waals surface area (Å²) in [4.78, 5) is 17.3. The molecule has 0 spiro atoms. The number of Topliss-reactive ketones (excluding diaryl/α,β-unsaturated/α-hetero) is 1. The number of hydrogen-bond donors (Lipinski definition) is 2. The van der Waals surface area contributed by atoms with E-state index in [0.29, 0.717) is 12.6 Å². The van der Waals surface area contributed by atoms with Gasteiger partial charge in [0.25, 0.3) is 0 Å². The van der Waals surface area contributed by atoms with E-state index < -0.39 is 0 Å². The minimum absolute atomic E-state index is 0.221. The Morgan fingerprint density at radius 2 is 2.29 bits per heavy atom. The van der Waals surface area contributed by atoms with Crippen LogP contribution in [0.2, 0.25) is 0 Å². The summed E-state index contributed by atoms with van der Waals surface area (Å²) in [5.41, 5.74) is 1.77. The molecule has 0 bridgehead atoms. The van der Waals surface area contributed by atoms with Gasteiger partial charge in [-0.05, 0) is 44.4 Å². The lowest BCUT2D eigenvalue weighted by Gasteiger charge is -2.29. The second kappa shape index (κ2) is 5.90. The molecule has 1 saturated heterocycles. The van der Waals surface area contributed by atoms with Crippen LogP contribution in [0.4, 0.5) is 0 Å². The molecule has 1 aromatic carbocycles. The number of hydrogen-bond acceptors (Lipinski definition) is 2. The largest absolute Gasteiger partial charge is 0.497 e. The third-order valence-corrected chi connectivity index (χ3v) is 4.66.